The lowest BCUT2D eigenvalue weighted by molar-refractivity contribution is 1.15. The second-order valence-electron chi connectivity index (χ2n) is 2.78. The van der Waals surface area contributed by atoms with Crippen molar-refractivity contribution in [3.8, 4) is 0 Å². The number of aromatic nitrogens is 1. The van der Waals surface area contributed by atoms with Crippen LogP contribution in [0, 0.1) is 6.92 Å². The molecule has 2 nitrogen and oxygen atoms in total. The van der Waals surface area contributed by atoms with E-state index in [-0.39, 0.29) is 0 Å². The first kappa shape index (κ1) is 7.10. The monoisotopic (exact) mass is 212 g/mol. The number of hydrogen-bond acceptors (Lipinski definition) is 2. The van der Waals surface area contributed by atoms with Gasteiger partial charge in [-0.2, -0.15) is 0 Å². The average Bonchev–Trinajstić information content (AvgIpc) is 2.64. The fourth-order valence-corrected chi connectivity index (χ4v) is 1.62. The largest absolute Gasteiger partial charge is 0.368 e. The van der Waals surface area contributed by atoms with Crippen LogP contribution in [-0.2, 0) is 0 Å². The summed E-state index contributed by atoms with van der Waals surface area (Å²) in [6, 6.07) is 4.16. The fraction of sp³-hybridized carbons (Fsp3) is 0.375. The van der Waals surface area contributed by atoms with Crippen molar-refractivity contribution in [1.82, 2.24) is 4.98 Å². The number of nitrogens with zero attached hydrogens (tertiary/aromatic N) is 2. The number of rotatable bonds is 1. The van der Waals surface area contributed by atoms with Crippen LogP contribution in [0.15, 0.2) is 16.7 Å². The third kappa shape index (κ3) is 1.53. The average molecular weight is 213 g/mol. The molecule has 0 spiro atoms. The Morgan fingerprint density at radius 2 is 2.18 bits per heavy atom. The van der Waals surface area contributed by atoms with Crippen LogP contribution in [0.1, 0.15) is 5.69 Å². The van der Waals surface area contributed by atoms with E-state index in [1.165, 1.54) is 18.8 Å². The molecule has 2 heterocycles. The van der Waals surface area contributed by atoms with Gasteiger partial charge in [-0.1, -0.05) is 0 Å². The molecule has 0 saturated carbocycles. The summed E-state index contributed by atoms with van der Waals surface area (Å²) in [6.45, 7) is 4.39. The van der Waals surface area contributed by atoms with Crippen molar-refractivity contribution in [1.29, 1.82) is 0 Å². The zero-order chi connectivity index (χ0) is 7.84. The van der Waals surface area contributed by atoms with Gasteiger partial charge in [-0.25, -0.2) is 4.98 Å². The van der Waals surface area contributed by atoms with E-state index in [1.807, 2.05) is 6.92 Å². The highest BCUT2D eigenvalue weighted by Gasteiger charge is 2.18. The van der Waals surface area contributed by atoms with Gasteiger partial charge in [0.2, 0.25) is 0 Å². The van der Waals surface area contributed by atoms with Crippen LogP contribution in [0.4, 0.5) is 5.69 Å². The van der Waals surface area contributed by atoms with E-state index < -0.39 is 0 Å². The molecule has 1 aliphatic rings. The van der Waals surface area contributed by atoms with E-state index in [0.29, 0.717) is 0 Å². The van der Waals surface area contributed by atoms with Gasteiger partial charge in [0, 0.05) is 24.5 Å². The zero-order valence-corrected chi connectivity index (χ0v) is 7.93. The Bertz CT molecular complexity index is 261. The third-order valence-electron chi connectivity index (χ3n) is 1.72. The molecule has 0 N–H and O–H groups in total. The number of aryl methyl sites for hydroxylation is 1. The highest BCUT2D eigenvalue weighted by atomic mass is 79.9. The van der Waals surface area contributed by atoms with Crippen molar-refractivity contribution >= 4 is 21.6 Å². The summed E-state index contributed by atoms with van der Waals surface area (Å²) in [7, 11) is 0. The van der Waals surface area contributed by atoms with E-state index in [9.17, 15) is 0 Å². The van der Waals surface area contributed by atoms with Crippen molar-refractivity contribution in [3.63, 3.8) is 0 Å². The summed E-state index contributed by atoms with van der Waals surface area (Å²) in [5, 5.41) is 0. The van der Waals surface area contributed by atoms with E-state index in [1.54, 1.807) is 0 Å². The molecule has 1 aromatic heterocycles. The SMILES string of the molecule is Cc1cc(N2CC2)cc(Br)n1. The second kappa shape index (κ2) is 2.48. The maximum atomic E-state index is 4.23. The van der Waals surface area contributed by atoms with Gasteiger partial charge < -0.3 is 4.90 Å². The van der Waals surface area contributed by atoms with Crippen LogP contribution in [0.3, 0.4) is 0 Å². The minimum absolute atomic E-state index is 0.930. The van der Waals surface area contributed by atoms with Crippen LogP contribution in [0.2, 0.25) is 0 Å². The minimum Gasteiger partial charge on any atom is -0.368 e. The molecular formula is C8H9BrN2. The summed E-state index contributed by atoms with van der Waals surface area (Å²) in [6.07, 6.45) is 0. The minimum atomic E-state index is 0.930. The predicted octanol–water partition coefficient (Wildman–Crippen LogP) is 1.97. The lowest BCUT2D eigenvalue weighted by Crippen LogP contribution is -1.92. The van der Waals surface area contributed by atoms with E-state index >= 15 is 0 Å². The summed E-state index contributed by atoms with van der Waals surface area (Å²) in [4.78, 5) is 6.54. The molecule has 0 bridgehead atoms. The molecule has 1 saturated heterocycles. The van der Waals surface area contributed by atoms with Crippen LogP contribution in [-0.4, -0.2) is 18.1 Å². The first-order valence-corrected chi connectivity index (χ1v) is 4.44. The van der Waals surface area contributed by atoms with Gasteiger partial charge in [-0.3, -0.25) is 0 Å². The quantitative estimate of drug-likeness (QED) is 0.523. The van der Waals surface area contributed by atoms with Crippen molar-refractivity contribution < 1.29 is 0 Å². The summed E-state index contributed by atoms with van der Waals surface area (Å²) in [5.41, 5.74) is 2.35. The summed E-state index contributed by atoms with van der Waals surface area (Å²) >= 11 is 3.37. The topological polar surface area (TPSA) is 15.9 Å². The highest BCUT2D eigenvalue weighted by molar-refractivity contribution is 9.10. The molecular weight excluding hydrogens is 204 g/mol. The summed E-state index contributed by atoms with van der Waals surface area (Å²) < 4.78 is 0.930. The second-order valence-corrected chi connectivity index (χ2v) is 3.59. The van der Waals surface area contributed by atoms with Crippen LogP contribution in [0.25, 0.3) is 0 Å². The standard InChI is InChI=1S/C8H9BrN2/c1-6-4-7(11-2-3-11)5-8(9)10-6/h4-5H,2-3H2,1H3. The van der Waals surface area contributed by atoms with Gasteiger partial charge in [0.25, 0.3) is 0 Å². The van der Waals surface area contributed by atoms with Crippen LogP contribution >= 0.6 is 15.9 Å². The lowest BCUT2D eigenvalue weighted by Gasteiger charge is -2.03. The smallest absolute Gasteiger partial charge is 0.108 e. The Morgan fingerprint density at radius 1 is 1.45 bits per heavy atom. The molecule has 0 aliphatic carbocycles. The van der Waals surface area contributed by atoms with Crippen LogP contribution in [0.5, 0.6) is 0 Å². The first-order chi connectivity index (χ1) is 5.25. The maximum Gasteiger partial charge on any atom is 0.108 e. The summed E-state index contributed by atoms with van der Waals surface area (Å²) in [5.74, 6) is 0. The molecule has 0 amide bonds. The Hall–Kier alpha value is -0.570. The Morgan fingerprint density at radius 3 is 2.73 bits per heavy atom. The van der Waals surface area contributed by atoms with E-state index in [2.05, 4.69) is 37.9 Å². The number of pyridine rings is 1. The molecule has 1 fully saturated rings. The Kier molecular flexibility index (Phi) is 1.60. The maximum absolute atomic E-state index is 4.23. The van der Waals surface area contributed by atoms with E-state index in [0.717, 1.165) is 10.3 Å². The molecule has 0 unspecified atom stereocenters. The van der Waals surface area contributed by atoms with Crippen LogP contribution < -0.4 is 4.90 Å². The van der Waals surface area contributed by atoms with Crippen molar-refractivity contribution in [3.05, 3.63) is 22.4 Å². The normalized spacial score (nSPS) is 15.3. The van der Waals surface area contributed by atoms with Gasteiger partial charge in [0.05, 0.1) is 0 Å². The first-order valence-electron chi connectivity index (χ1n) is 3.65. The molecule has 2 rings (SSSR count). The molecule has 0 atom stereocenters. The fourth-order valence-electron chi connectivity index (χ4n) is 1.10. The Balaban J connectivity index is 2.39. The lowest BCUT2D eigenvalue weighted by atomic mass is 10.3. The van der Waals surface area contributed by atoms with Gasteiger partial charge in [0.15, 0.2) is 0 Å². The van der Waals surface area contributed by atoms with Gasteiger partial charge >= 0.3 is 0 Å². The zero-order valence-electron chi connectivity index (χ0n) is 6.34. The highest BCUT2D eigenvalue weighted by Crippen LogP contribution is 2.24. The Labute approximate surface area is 74.4 Å². The predicted molar refractivity (Wildman–Crippen MR) is 48.9 cm³/mol. The molecule has 0 aromatic carbocycles. The molecule has 1 aromatic rings. The van der Waals surface area contributed by atoms with Crippen molar-refractivity contribution in [2.24, 2.45) is 0 Å². The molecule has 0 radical (unpaired) electrons. The third-order valence-corrected chi connectivity index (χ3v) is 2.13. The van der Waals surface area contributed by atoms with Crippen molar-refractivity contribution in [2.75, 3.05) is 18.0 Å². The molecule has 1 aliphatic heterocycles. The van der Waals surface area contributed by atoms with Gasteiger partial charge in [-0.15, -0.1) is 0 Å². The molecule has 3 heteroatoms. The number of hydrogen-bond donors (Lipinski definition) is 0. The number of halogens is 1. The van der Waals surface area contributed by atoms with Crippen molar-refractivity contribution in [2.45, 2.75) is 6.92 Å². The van der Waals surface area contributed by atoms with Gasteiger partial charge in [0.1, 0.15) is 4.60 Å². The van der Waals surface area contributed by atoms with Gasteiger partial charge in [-0.05, 0) is 35.0 Å². The molecule has 11 heavy (non-hydrogen) atoms. The number of anilines is 1. The van der Waals surface area contributed by atoms with E-state index in [4.69, 9.17) is 0 Å². The molecule has 58 valence electrons.